The highest BCUT2D eigenvalue weighted by molar-refractivity contribution is 6.31. The molecule has 2 aromatic carbocycles. The number of alkyl halides is 3. The van der Waals surface area contributed by atoms with E-state index < -0.39 is 28.6 Å². The number of benzene rings is 2. The summed E-state index contributed by atoms with van der Waals surface area (Å²) in [7, 11) is 0. The van der Waals surface area contributed by atoms with Crippen LogP contribution in [0.1, 0.15) is 36.9 Å². The largest absolute Gasteiger partial charge is 0.433 e. The van der Waals surface area contributed by atoms with Gasteiger partial charge in [0, 0.05) is 34.1 Å². The quantitative estimate of drug-likeness (QED) is 0.393. The second-order valence-electron chi connectivity index (χ2n) is 9.74. The number of rotatable bonds is 7. The lowest BCUT2D eigenvalue weighted by Crippen LogP contribution is -2.58. The van der Waals surface area contributed by atoms with Gasteiger partial charge in [-0.1, -0.05) is 41.9 Å². The zero-order valence-electron chi connectivity index (χ0n) is 19.2. The smallest absolute Gasteiger partial charge is 0.384 e. The molecule has 36 heavy (non-hydrogen) atoms. The molecule has 0 radical (unpaired) electrons. The Morgan fingerprint density at radius 2 is 1.78 bits per heavy atom. The fraction of sp³-hybridized carbons (Fsp3) is 0.346. The van der Waals surface area contributed by atoms with Crippen LogP contribution in [0.15, 0.2) is 54.6 Å². The number of carbonyl (C=O) groups is 2. The van der Waals surface area contributed by atoms with Crippen molar-refractivity contribution in [3.63, 3.8) is 0 Å². The van der Waals surface area contributed by atoms with Crippen LogP contribution >= 0.6 is 11.6 Å². The van der Waals surface area contributed by atoms with Gasteiger partial charge in [-0.25, -0.2) is 4.98 Å². The molecule has 0 aliphatic heterocycles. The van der Waals surface area contributed by atoms with E-state index in [9.17, 15) is 22.8 Å². The van der Waals surface area contributed by atoms with E-state index in [4.69, 9.17) is 17.3 Å². The number of aromatic nitrogens is 1. The van der Waals surface area contributed by atoms with E-state index in [2.05, 4.69) is 15.6 Å². The van der Waals surface area contributed by atoms with Crippen LogP contribution in [0.2, 0.25) is 5.02 Å². The highest BCUT2D eigenvalue weighted by Gasteiger charge is 2.57. The average molecular weight is 517 g/mol. The van der Waals surface area contributed by atoms with Gasteiger partial charge in [-0.3, -0.25) is 9.59 Å². The minimum absolute atomic E-state index is 0.175. The van der Waals surface area contributed by atoms with Crippen LogP contribution in [0.5, 0.6) is 0 Å². The van der Waals surface area contributed by atoms with Crippen molar-refractivity contribution in [3.05, 3.63) is 70.9 Å². The standard InChI is InChI=1S/C26H24ClF3N4O2/c27-16-6-7-19-18(10-16)20(11-21(34-19)26(28,29)30)32-14-24(15-4-2-1-3-5-15)12-17(13-24)33-23(36)25(8-9-25)22(31)35/h1-7,10-11,17H,8-9,12-14H2,(H2,31,35)(H,32,34)(H,33,36). The molecule has 1 heterocycles. The number of hydrogen-bond acceptors (Lipinski definition) is 4. The first-order valence-electron chi connectivity index (χ1n) is 11.6. The predicted octanol–water partition coefficient (Wildman–Crippen LogP) is 4.80. The van der Waals surface area contributed by atoms with Gasteiger partial charge in [0.05, 0.1) is 5.52 Å². The second kappa shape index (κ2) is 8.65. The monoisotopic (exact) mass is 516 g/mol. The van der Waals surface area contributed by atoms with Gasteiger partial charge < -0.3 is 16.4 Å². The summed E-state index contributed by atoms with van der Waals surface area (Å²) < 4.78 is 40.6. The molecule has 5 rings (SSSR count). The third kappa shape index (κ3) is 4.36. The third-order valence-corrected chi connectivity index (χ3v) is 7.57. The Morgan fingerprint density at radius 1 is 1.08 bits per heavy atom. The molecule has 2 amide bonds. The van der Waals surface area contributed by atoms with Gasteiger partial charge in [-0.15, -0.1) is 0 Å². The van der Waals surface area contributed by atoms with E-state index in [0.29, 0.717) is 42.6 Å². The van der Waals surface area contributed by atoms with Gasteiger partial charge >= 0.3 is 6.18 Å². The molecule has 0 bridgehead atoms. The maximum Gasteiger partial charge on any atom is 0.433 e. The minimum atomic E-state index is -4.60. The molecule has 4 N–H and O–H groups in total. The summed E-state index contributed by atoms with van der Waals surface area (Å²) in [6.07, 6.45) is -2.59. The lowest BCUT2D eigenvalue weighted by atomic mass is 9.61. The van der Waals surface area contributed by atoms with Gasteiger partial charge in [0.2, 0.25) is 11.8 Å². The molecular formula is C26H24ClF3N4O2. The molecule has 0 saturated heterocycles. The first-order valence-corrected chi connectivity index (χ1v) is 12.0. The molecule has 1 aromatic heterocycles. The van der Waals surface area contributed by atoms with Crippen LogP contribution in [0.25, 0.3) is 10.9 Å². The van der Waals surface area contributed by atoms with E-state index in [0.717, 1.165) is 11.6 Å². The summed E-state index contributed by atoms with van der Waals surface area (Å²) in [4.78, 5) is 28.1. The molecule has 6 nitrogen and oxygen atoms in total. The highest BCUT2D eigenvalue weighted by atomic mass is 35.5. The topological polar surface area (TPSA) is 97.1 Å². The molecule has 0 atom stereocenters. The van der Waals surface area contributed by atoms with Crippen molar-refractivity contribution < 1.29 is 22.8 Å². The molecule has 10 heteroatoms. The van der Waals surface area contributed by atoms with Gasteiger partial charge in [-0.05, 0) is 55.5 Å². The number of nitrogens with zero attached hydrogens (tertiary/aromatic N) is 1. The molecule has 2 fully saturated rings. The van der Waals surface area contributed by atoms with Crippen molar-refractivity contribution in [2.45, 2.75) is 43.3 Å². The Bertz CT molecular complexity index is 1340. The Hall–Kier alpha value is -3.33. The lowest BCUT2D eigenvalue weighted by molar-refractivity contribution is -0.141. The number of fused-ring (bicyclic) bond motifs is 1. The van der Waals surface area contributed by atoms with Crippen LogP contribution in [0.4, 0.5) is 18.9 Å². The number of primary amides is 1. The predicted molar refractivity (Wildman–Crippen MR) is 130 cm³/mol. The number of hydrogen-bond donors (Lipinski definition) is 3. The maximum absolute atomic E-state index is 13.5. The molecule has 2 aliphatic rings. The van der Waals surface area contributed by atoms with Crippen molar-refractivity contribution in [1.29, 1.82) is 0 Å². The Labute approximate surface area is 210 Å². The minimum Gasteiger partial charge on any atom is -0.384 e. The van der Waals surface area contributed by atoms with Gasteiger partial charge in [0.15, 0.2) is 0 Å². The summed E-state index contributed by atoms with van der Waals surface area (Å²) in [5.74, 6) is -0.960. The zero-order chi connectivity index (χ0) is 25.7. The molecule has 188 valence electrons. The molecule has 3 aromatic rings. The summed E-state index contributed by atoms with van der Waals surface area (Å²) in [5, 5.41) is 7.04. The first kappa shape index (κ1) is 24.4. The summed E-state index contributed by atoms with van der Waals surface area (Å²) in [5.41, 5.74) is 4.36. The first-order chi connectivity index (χ1) is 17.0. The number of amides is 2. The van der Waals surface area contributed by atoms with E-state index in [1.165, 1.54) is 12.1 Å². The fourth-order valence-electron chi connectivity index (χ4n) is 5.05. The van der Waals surface area contributed by atoms with Crippen molar-refractivity contribution in [2.24, 2.45) is 11.1 Å². The lowest BCUT2D eigenvalue weighted by Gasteiger charge is -2.49. The molecule has 2 aliphatic carbocycles. The number of halogens is 4. The number of carbonyl (C=O) groups excluding carboxylic acids is 2. The number of nitrogens with one attached hydrogen (secondary N) is 2. The normalized spacial score (nSPS) is 22.5. The summed E-state index contributed by atoms with van der Waals surface area (Å²) in [6.45, 7) is 0.327. The molecule has 0 spiro atoms. The van der Waals surface area contributed by atoms with Crippen LogP contribution in [0, 0.1) is 5.41 Å². The van der Waals surface area contributed by atoms with E-state index in [-0.39, 0.29) is 23.2 Å². The molecular weight excluding hydrogens is 493 g/mol. The number of nitrogens with two attached hydrogens (primary N) is 1. The van der Waals surface area contributed by atoms with E-state index >= 15 is 0 Å². The number of pyridine rings is 1. The molecule has 2 saturated carbocycles. The second-order valence-corrected chi connectivity index (χ2v) is 10.2. The van der Waals surface area contributed by atoms with Crippen molar-refractivity contribution in [1.82, 2.24) is 10.3 Å². The van der Waals surface area contributed by atoms with Crippen molar-refractivity contribution in [2.75, 3.05) is 11.9 Å². The number of anilines is 1. The van der Waals surface area contributed by atoms with Crippen LogP contribution in [0.3, 0.4) is 0 Å². The molecule has 0 unspecified atom stereocenters. The Morgan fingerprint density at radius 3 is 2.39 bits per heavy atom. The average Bonchev–Trinajstić information content (AvgIpc) is 3.62. The van der Waals surface area contributed by atoms with E-state index in [1.54, 1.807) is 6.07 Å². The SMILES string of the molecule is NC(=O)C1(C(=O)NC2CC(CNc3cc(C(F)(F)F)nc4ccc(Cl)cc34)(c3ccccc3)C2)CC1. The van der Waals surface area contributed by atoms with E-state index in [1.807, 2.05) is 30.3 Å². The van der Waals surface area contributed by atoms with Gasteiger partial charge in [0.25, 0.3) is 0 Å². The third-order valence-electron chi connectivity index (χ3n) is 7.33. The van der Waals surface area contributed by atoms with Crippen molar-refractivity contribution in [3.8, 4) is 0 Å². The van der Waals surface area contributed by atoms with Gasteiger partial charge in [-0.2, -0.15) is 13.2 Å². The Balaban J connectivity index is 1.40. The highest BCUT2D eigenvalue weighted by Crippen LogP contribution is 2.48. The summed E-state index contributed by atoms with van der Waals surface area (Å²) >= 11 is 6.13. The fourth-order valence-corrected chi connectivity index (χ4v) is 5.22. The summed E-state index contributed by atoms with van der Waals surface area (Å²) in [6, 6.07) is 15.0. The van der Waals surface area contributed by atoms with Crippen LogP contribution in [-0.4, -0.2) is 29.4 Å². The Kier molecular flexibility index (Phi) is 5.86. The zero-order valence-corrected chi connectivity index (χ0v) is 19.9. The van der Waals surface area contributed by atoms with Crippen LogP contribution < -0.4 is 16.4 Å². The van der Waals surface area contributed by atoms with Gasteiger partial charge in [0.1, 0.15) is 11.1 Å². The maximum atomic E-state index is 13.5. The van der Waals surface area contributed by atoms with Crippen LogP contribution in [-0.2, 0) is 21.2 Å². The van der Waals surface area contributed by atoms with Crippen molar-refractivity contribution >= 4 is 40.0 Å².